The number of nitrogens with zero attached hydrogens (tertiary/aromatic N) is 1. The van der Waals surface area contributed by atoms with Gasteiger partial charge in [0, 0.05) is 17.8 Å². The Morgan fingerprint density at radius 3 is 3.06 bits per heavy atom. The highest BCUT2D eigenvalue weighted by Crippen LogP contribution is 2.08. The molecule has 94 valence electrons. The number of pyridine rings is 1. The van der Waals surface area contributed by atoms with E-state index in [9.17, 15) is 4.79 Å². The van der Waals surface area contributed by atoms with E-state index in [-0.39, 0.29) is 11.9 Å². The van der Waals surface area contributed by atoms with Crippen molar-refractivity contribution in [2.24, 2.45) is 0 Å². The maximum atomic E-state index is 11.8. The van der Waals surface area contributed by atoms with Crippen molar-refractivity contribution in [1.82, 2.24) is 10.3 Å². The fourth-order valence-electron chi connectivity index (χ4n) is 1.33. The minimum absolute atomic E-state index is 0.0942. The SMILES string of the molecule is CCSCC[C@@H](C)NC(=O)c1ccnc(Cl)c1. The normalized spacial score (nSPS) is 12.2. The van der Waals surface area contributed by atoms with Crippen LogP contribution in [0.1, 0.15) is 30.6 Å². The molecule has 0 aliphatic rings. The maximum Gasteiger partial charge on any atom is 0.251 e. The van der Waals surface area contributed by atoms with Crippen molar-refractivity contribution >= 4 is 29.3 Å². The molecule has 1 heterocycles. The summed E-state index contributed by atoms with van der Waals surface area (Å²) in [6, 6.07) is 3.41. The van der Waals surface area contributed by atoms with E-state index >= 15 is 0 Å². The van der Waals surface area contributed by atoms with Crippen molar-refractivity contribution < 1.29 is 4.79 Å². The average Bonchev–Trinajstić information content (AvgIpc) is 2.29. The first-order chi connectivity index (χ1) is 8.13. The highest BCUT2D eigenvalue weighted by atomic mass is 35.5. The van der Waals surface area contributed by atoms with E-state index in [1.807, 2.05) is 18.7 Å². The molecule has 0 saturated carbocycles. The quantitative estimate of drug-likeness (QED) is 0.639. The molecule has 0 saturated heterocycles. The van der Waals surface area contributed by atoms with Gasteiger partial charge in [0.05, 0.1) is 0 Å². The Kier molecular flexibility index (Phi) is 6.37. The first-order valence-corrected chi connectivity index (χ1v) is 7.17. The van der Waals surface area contributed by atoms with Crippen molar-refractivity contribution in [2.75, 3.05) is 11.5 Å². The number of rotatable bonds is 6. The van der Waals surface area contributed by atoms with Crippen LogP contribution in [0.25, 0.3) is 0 Å². The van der Waals surface area contributed by atoms with Crippen LogP contribution < -0.4 is 5.32 Å². The van der Waals surface area contributed by atoms with E-state index in [0.29, 0.717) is 10.7 Å². The Labute approximate surface area is 111 Å². The van der Waals surface area contributed by atoms with Gasteiger partial charge in [-0.15, -0.1) is 0 Å². The van der Waals surface area contributed by atoms with Gasteiger partial charge in [-0.25, -0.2) is 4.98 Å². The van der Waals surface area contributed by atoms with Crippen molar-refractivity contribution in [2.45, 2.75) is 26.3 Å². The van der Waals surface area contributed by atoms with E-state index in [1.165, 1.54) is 6.20 Å². The number of carbonyl (C=O) groups is 1. The lowest BCUT2D eigenvalue weighted by molar-refractivity contribution is 0.0939. The molecule has 1 amide bonds. The van der Waals surface area contributed by atoms with E-state index in [2.05, 4.69) is 17.2 Å². The van der Waals surface area contributed by atoms with Gasteiger partial charge in [0.15, 0.2) is 0 Å². The third kappa shape index (κ3) is 5.41. The molecular weight excluding hydrogens is 256 g/mol. The van der Waals surface area contributed by atoms with Gasteiger partial charge in [0.2, 0.25) is 0 Å². The number of halogens is 1. The zero-order chi connectivity index (χ0) is 12.7. The second-order valence-electron chi connectivity index (χ2n) is 3.73. The van der Waals surface area contributed by atoms with Gasteiger partial charge in [0.1, 0.15) is 5.15 Å². The molecule has 17 heavy (non-hydrogen) atoms. The number of thioether (sulfide) groups is 1. The molecule has 3 nitrogen and oxygen atoms in total. The van der Waals surface area contributed by atoms with Gasteiger partial charge in [-0.3, -0.25) is 4.79 Å². The van der Waals surface area contributed by atoms with Crippen LogP contribution in [-0.2, 0) is 0 Å². The molecule has 1 aromatic heterocycles. The zero-order valence-corrected chi connectivity index (χ0v) is 11.6. The van der Waals surface area contributed by atoms with E-state index in [1.54, 1.807) is 12.1 Å². The molecule has 1 atom stereocenters. The Balaban J connectivity index is 2.43. The third-order valence-electron chi connectivity index (χ3n) is 2.27. The first-order valence-electron chi connectivity index (χ1n) is 5.63. The molecule has 0 unspecified atom stereocenters. The topological polar surface area (TPSA) is 42.0 Å². The predicted octanol–water partition coefficient (Wildman–Crippen LogP) is 3.00. The Morgan fingerprint density at radius 1 is 1.65 bits per heavy atom. The van der Waals surface area contributed by atoms with Crippen molar-refractivity contribution in [3.63, 3.8) is 0 Å². The minimum Gasteiger partial charge on any atom is -0.350 e. The second kappa shape index (κ2) is 7.56. The van der Waals surface area contributed by atoms with Crippen LogP contribution in [0.15, 0.2) is 18.3 Å². The largest absolute Gasteiger partial charge is 0.350 e. The Morgan fingerprint density at radius 2 is 2.41 bits per heavy atom. The first kappa shape index (κ1) is 14.3. The van der Waals surface area contributed by atoms with E-state index in [0.717, 1.165) is 17.9 Å². The van der Waals surface area contributed by atoms with Gasteiger partial charge < -0.3 is 5.32 Å². The molecule has 0 aromatic carbocycles. The number of hydrogen-bond donors (Lipinski definition) is 1. The molecule has 1 aromatic rings. The molecule has 0 aliphatic carbocycles. The number of carbonyl (C=O) groups excluding carboxylic acids is 1. The Bertz CT molecular complexity index is 373. The molecule has 0 spiro atoms. The molecule has 0 aliphatic heterocycles. The van der Waals surface area contributed by atoms with Gasteiger partial charge in [-0.05, 0) is 37.0 Å². The summed E-state index contributed by atoms with van der Waals surface area (Å²) in [7, 11) is 0. The fraction of sp³-hybridized carbons (Fsp3) is 0.500. The minimum atomic E-state index is -0.0942. The van der Waals surface area contributed by atoms with E-state index in [4.69, 9.17) is 11.6 Å². The summed E-state index contributed by atoms with van der Waals surface area (Å²) >= 11 is 7.61. The fourth-order valence-corrected chi connectivity index (χ4v) is 2.31. The van der Waals surface area contributed by atoms with Crippen LogP contribution in [0.2, 0.25) is 5.15 Å². The lowest BCUT2D eigenvalue weighted by atomic mass is 10.2. The molecule has 1 rings (SSSR count). The van der Waals surface area contributed by atoms with Gasteiger partial charge in [-0.1, -0.05) is 18.5 Å². The summed E-state index contributed by atoms with van der Waals surface area (Å²) in [4.78, 5) is 15.7. The van der Waals surface area contributed by atoms with Crippen LogP contribution in [0.3, 0.4) is 0 Å². The number of aromatic nitrogens is 1. The molecule has 0 fully saturated rings. The van der Waals surface area contributed by atoms with Crippen molar-refractivity contribution in [3.8, 4) is 0 Å². The Hall–Kier alpha value is -0.740. The second-order valence-corrected chi connectivity index (χ2v) is 5.51. The lowest BCUT2D eigenvalue weighted by Gasteiger charge is -2.13. The summed E-state index contributed by atoms with van der Waals surface area (Å²) in [5.41, 5.74) is 0.556. The molecule has 0 bridgehead atoms. The smallest absolute Gasteiger partial charge is 0.251 e. The zero-order valence-electron chi connectivity index (χ0n) is 10.1. The van der Waals surface area contributed by atoms with Crippen LogP contribution in [0.4, 0.5) is 0 Å². The summed E-state index contributed by atoms with van der Waals surface area (Å²) in [5.74, 6) is 2.08. The maximum absolute atomic E-state index is 11.8. The summed E-state index contributed by atoms with van der Waals surface area (Å²) in [5, 5.41) is 3.28. The van der Waals surface area contributed by atoms with Gasteiger partial charge in [0.25, 0.3) is 5.91 Å². The van der Waals surface area contributed by atoms with Crippen LogP contribution >= 0.6 is 23.4 Å². The van der Waals surface area contributed by atoms with Crippen molar-refractivity contribution in [3.05, 3.63) is 29.0 Å². The van der Waals surface area contributed by atoms with E-state index < -0.39 is 0 Å². The highest BCUT2D eigenvalue weighted by Gasteiger charge is 2.09. The number of amides is 1. The molecule has 0 radical (unpaired) electrons. The highest BCUT2D eigenvalue weighted by molar-refractivity contribution is 7.99. The van der Waals surface area contributed by atoms with Crippen LogP contribution in [0, 0.1) is 0 Å². The lowest BCUT2D eigenvalue weighted by Crippen LogP contribution is -2.32. The summed E-state index contributed by atoms with van der Waals surface area (Å²) in [6.07, 6.45) is 2.51. The predicted molar refractivity (Wildman–Crippen MR) is 73.8 cm³/mol. The van der Waals surface area contributed by atoms with Crippen LogP contribution in [-0.4, -0.2) is 28.4 Å². The standard InChI is InChI=1S/C12H17ClN2OS/c1-3-17-7-5-9(2)15-12(16)10-4-6-14-11(13)8-10/h4,6,8-9H,3,5,7H2,1-2H3,(H,15,16)/t9-/m1/s1. The molecule has 1 N–H and O–H groups in total. The van der Waals surface area contributed by atoms with Gasteiger partial charge in [-0.2, -0.15) is 11.8 Å². The third-order valence-corrected chi connectivity index (χ3v) is 3.40. The molecular formula is C12H17ClN2OS. The summed E-state index contributed by atoms with van der Waals surface area (Å²) in [6.45, 7) is 4.14. The van der Waals surface area contributed by atoms with Crippen molar-refractivity contribution in [1.29, 1.82) is 0 Å². The van der Waals surface area contributed by atoms with Gasteiger partial charge >= 0.3 is 0 Å². The summed E-state index contributed by atoms with van der Waals surface area (Å²) < 4.78 is 0. The average molecular weight is 273 g/mol. The monoisotopic (exact) mass is 272 g/mol. The molecule has 5 heteroatoms. The number of hydrogen-bond acceptors (Lipinski definition) is 3. The van der Waals surface area contributed by atoms with Crippen LogP contribution in [0.5, 0.6) is 0 Å². The number of nitrogens with one attached hydrogen (secondary N) is 1.